The van der Waals surface area contributed by atoms with E-state index in [-0.39, 0.29) is 12.1 Å². The lowest BCUT2D eigenvalue weighted by Gasteiger charge is -2.06. The molecule has 2 N–H and O–H groups in total. The molecule has 0 aliphatic carbocycles. The summed E-state index contributed by atoms with van der Waals surface area (Å²) in [5, 5.41) is 0. The standard InChI is InChI=1S/C8H11NO2/c1-3-4-6-7(9)5(2)8(10)11-6/h3,6H,1,4,9H2,2H3. The number of rotatable bonds is 2. The van der Waals surface area contributed by atoms with E-state index in [2.05, 4.69) is 6.58 Å². The first-order valence-electron chi connectivity index (χ1n) is 3.45. The van der Waals surface area contributed by atoms with Crippen LogP contribution in [0.15, 0.2) is 23.9 Å². The molecule has 0 fully saturated rings. The molecule has 0 aromatic heterocycles. The van der Waals surface area contributed by atoms with E-state index in [1.54, 1.807) is 13.0 Å². The molecule has 1 heterocycles. The minimum atomic E-state index is -0.311. The maximum absolute atomic E-state index is 10.9. The van der Waals surface area contributed by atoms with Crippen molar-refractivity contribution in [1.82, 2.24) is 0 Å². The number of hydrogen-bond donors (Lipinski definition) is 1. The van der Waals surface area contributed by atoms with Crippen LogP contribution < -0.4 is 5.73 Å². The number of ether oxygens (including phenoxy) is 1. The van der Waals surface area contributed by atoms with E-state index >= 15 is 0 Å². The van der Waals surface area contributed by atoms with Crippen LogP contribution in [0.1, 0.15) is 13.3 Å². The van der Waals surface area contributed by atoms with Gasteiger partial charge in [0.15, 0.2) is 0 Å². The SMILES string of the molecule is C=CCC1OC(=O)C(C)=C1N. The molecule has 11 heavy (non-hydrogen) atoms. The number of nitrogens with two attached hydrogens (primary N) is 1. The maximum Gasteiger partial charge on any atom is 0.336 e. The zero-order chi connectivity index (χ0) is 8.43. The molecule has 0 saturated carbocycles. The maximum atomic E-state index is 10.9. The number of carbonyl (C=O) groups is 1. The molecule has 0 radical (unpaired) electrons. The van der Waals surface area contributed by atoms with Gasteiger partial charge < -0.3 is 10.5 Å². The third-order valence-corrected chi connectivity index (χ3v) is 1.72. The molecule has 0 saturated heterocycles. The van der Waals surface area contributed by atoms with Gasteiger partial charge in [0.1, 0.15) is 6.10 Å². The summed E-state index contributed by atoms with van der Waals surface area (Å²) in [7, 11) is 0. The van der Waals surface area contributed by atoms with Gasteiger partial charge in [0.25, 0.3) is 0 Å². The topological polar surface area (TPSA) is 52.3 Å². The molecule has 0 spiro atoms. The van der Waals surface area contributed by atoms with Gasteiger partial charge in [0.2, 0.25) is 0 Å². The second-order valence-corrected chi connectivity index (χ2v) is 2.50. The van der Waals surface area contributed by atoms with Crippen LogP contribution in [0.2, 0.25) is 0 Å². The van der Waals surface area contributed by atoms with Crippen molar-refractivity contribution in [2.45, 2.75) is 19.4 Å². The minimum absolute atomic E-state index is 0.278. The summed E-state index contributed by atoms with van der Waals surface area (Å²) in [6.07, 6.45) is 2.00. The summed E-state index contributed by atoms with van der Waals surface area (Å²) in [4.78, 5) is 10.9. The van der Waals surface area contributed by atoms with Gasteiger partial charge in [-0.2, -0.15) is 0 Å². The predicted octanol–water partition coefficient (Wildman–Crippen LogP) is 0.721. The summed E-state index contributed by atoms with van der Waals surface area (Å²) in [6.45, 7) is 5.21. The van der Waals surface area contributed by atoms with Crippen LogP contribution in [0.5, 0.6) is 0 Å². The van der Waals surface area contributed by atoms with Crippen LogP contribution in [0.4, 0.5) is 0 Å². The molecule has 1 unspecified atom stereocenters. The first-order chi connectivity index (χ1) is 5.16. The van der Waals surface area contributed by atoms with E-state index in [0.29, 0.717) is 17.7 Å². The average Bonchev–Trinajstić information content (AvgIpc) is 2.19. The van der Waals surface area contributed by atoms with Crippen LogP contribution >= 0.6 is 0 Å². The molecule has 0 aromatic carbocycles. The zero-order valence-electron chi connectivity index (χ0n) is 6.46. The van der Waals surface area contributed by atoms with Crippen LogP contribution in [-0.4, -0.2) is 12.1 Å². The first-order valence-corrected chi connectivity index (χ1v) is 3.45. The zero-order valence-corrected chi connectivity index (χ0v) is 6.46. The van der Waals surface area contributed by atoms with Crippen molar-refractivity contribution in [1.29, 1.82) is 0 Å². The van der Waals surface area contributed by atoms with E-state index in [1.165, 1.54) is 0 Å². The molecule has 1 aliphatic heterocycles. The molecule has 1 aliphatic rings. The van der Waals surface area contributed by atoms with Gasteiger partial charge in [-0.3, -0.25) is 0 Å². The Labute approximate surface area is 65.5 Å². The van der Waals surface area contributed by atoms with Gasteiger partial charge in [0.05, 0.1) is 11.3 Å². The minimum Gasteiger partial charge on any atom is -0.452 e. The highest BCUT2D eigenvalue weighted by Crippen LogP contribution is 2.20. The molecule has 1 atom stereocenters. The Hall–Kier alpha value is -1.25. The first kappa shape index (κ1) is 7.85. The third-order valence-electron chi connectivity index (χ3n) is 1.72. The van der Waals surface area contributed by atoms with Crippen LogP contribution in [0, 0.1) is 0 Å². The summed E-state index contributed by atoms with van der Waals surface area (Å²) in [6, 6.07) is 0. The number of esters is 1. The summed E-state index contributed by atoms with van der Waals surface area (Å²) < 4.78 is 4.92. The van der Waals surface area contributed by atoms with Gasteiger partial charge >= 0.3 is 5.97 Å². The number of carbonyl (C=O) groups excluding carboxylic acids is 1. The van der Waals surface area contributed by atoms with Gasteiger partial charge in [-0.25, -0.2) is 4.79 Å². The fourth-order valence-electron chi connectivity index (χ4n) is 0.967. The average molecular weight is 153 g/mol. The van der Waals surface area contributed by atoms with E-state index in [9.17, 15) is 4.79 Å². The van der Waals surface area contributed by atoms with Crippen molar-refractivity contribution in [3.63, 3.8) is 0 Å². The smallest absolute Gasteiger partial charge is 0.336 e. The van der Waals surface area contributed by atoms with Crippen molar-refractivity contribution >= 4 is 5.97 Å². The van der Waals surface area contributed by atoms with E-state index in [1.807, 2.05) is 0 Å². The molecule has 60 valence electrons. The second kappa shape index (κ2) is 2.78. The summed E-state index contributed by atoms with van der Waals surface area (Å²) >= 11 is 0. The monoisotopic (exact) mass is 153 g/mol. The van der Waals surface area contributed by atoms with Crippen molar-refractivity contribution in [2.75, 3.05) is 0 Å². The lowest BCUT2D eigenvalue weighted by Crippen LogP contribution is -2.15. The fraction of sp³-hybridized carbons (Fsp3) is 0.375. The second-order valence-electron chi connectivity index (χ2n) is 2.50. The number of hydrogen-bond acceptors (Lipinski definition) is 3. The van der Waals surface area contributed by atoms with Crippen LogP contribution in [-0.2, 0) is 9.53 Å². The molecular formula is C8H11NO2. The lowest BCUT2D eigenvalue weighted by molar-refractivity contribution is -0.139. The van der Waals surface area contributed by atoms with Gasteiger partial charge in [-0.05, 0) is 6.92 Å². The molecular weight excluding hydrogens is 142 g/mol. The van der Waals surface area contributed by atoms with Crippen LogP contribution in [0.3, 0.4) is 0 Å². The van der Waals surface area contributed by atoms with Crippen molar-refractivity contribution in [3.05, 3.63) is 23.9 Å². The number of cyclic esters (lactones) is 1. The lowest BCUT2D eigenvalue weighted by atomic mass is 10.1. The highest BCUT2D eigenvalue weighted by Gasteiger charge is 2.27. The van der Waals surface area contributed by atoms with E-state index in [0.717, 1.165) is 0 Å². The van der Waals surface area contributed by atoms with E-state index in [4.69, 9.17) is 10.5 Å². The van der Waals surface area contributed by atoms with Gasteiger partial charge in [-0.1, -0.05) is 6.08 Å². The van der Waals surface area contributed by atoms with Crippen molar-refractivity contribution < 1.29 is 9.53 Å². The molecule has 0 amide bonds. The Morgan fingerprint density at radius 3 is 2.82 bits per heavy atom. The fourth-order valence-corrected chi connectivity index (χ4v) is 0.967. The Balaban J connectivity index is 2.76. The Morgan fingerprint density at radius 2 is 2.45 bits per heavy atom. The molecule has 3 heteroatoms. The third kappa shape index (κ3) is 1.27. The van der Waals surface area contributed by atoms with Gasteiger partial charge in [0, 0.05) is 6.42 Å². The van der Waals surface area contributed by atoms with E-state index < -0.39 is 0 Å². The summed E-state index contributed by atoms with van der Waals surface area (Å²) in [5.74, 6) is -0.311. The summed E-state index contributed by atoms with van der Waals surface area (Å²) in [5.41, 5.74) is 6.65. The molecule has 3 nitrogen and oxygen atoms in total. The largest absolute Gasteiger partial charge is 0.452 e. The van der Waals surface area contributed by atoms with Crippen molar-refractivity contribution in [2.24, 2.45) is 5.73 Å². The quantitative estimate of drug-likeness (QED) is 0.469. The molecule has 1 rings (SSSR count). The van der Waals surface area contributed by atoms with Crippen LogP contribution in [0.25, 0.3) is 0 Å². The molecule has 0 bridgehead atoms. The Morgan fingerprint density at radius 1 is 1.82 bits per heavy atom. The Bertz CT molecular complexity index is 230. The highest BCUT2D eigenvalue weighted by atomic mass is 16.5. The Kier molecular flexibility index (Phi) is 1.98. The predicted molar refractivity (Wildman–Crippen MR) is 41.6 cm³/mol. The molecule has 0 aromatic rings. The van der Waals surface area contributed by atoms with Gasteiger partial charge in [-0.15, -0.1) is 6.58 Å². The van der Waals surface area contributed by atoms with Crippen molar-refractivity contribution in [3.8, 4) is 0 Å². The highest BCUT2D eigenvalue weighted by molar-refractivity contribution is 5.91. The normalized spacial score (nSPS) is 23.7.